The Kier molecular flexibility index (Phi) is 7.13. The smallest absolute Gasteiger partial charge is 0.225 e. The van der Waals surface area contributed by atoms with Crippen molar-refractivity contribution in [3.8, 4) is 0 Å². The molecule has 0 N–H and O–H groups in total. The molecule has 0 aromatic heterocycles. The number of ether oxygens (including phenoxy) is 1. The number of hydrogen-bond acceptors (Lipinski definition) is 3. The average Bonchev–Trinajstić information content (AvgIpc) is 2.64. The molecule has 0 aromatic rings. The molecule has 0 unspecified atom stereocenters. The molecular weight excluding hydrogens is 348 g/mol. The van der Waals surface area contributed by atoms with Crippen molar-refractivity contribution in [1.29, 1.82) is 0 Å². The van der Waals surface area contributed by atoms with Crippen LogP contribution in [0.3, 0.4) is 0 Å². The lowest BCUT2D eigenvalue weighted by molar-refractivity contribution is -0.137. The van der Waals surface area contributed by atoms with Gasteiger partial charge >= 0.3 is 0 Å². The summed E-state index contributed by atoms with van der Waals surface area (Å²) in [5.74, 6) is 1.37. The summed E-state index contributed by atoms with van der Waals surface area (Å²) < 4.78 is 6.18. The minimum absolute atomic E-state index is 0.0140. The van der Waals surface area contributed by atoms with Crippen molar-refractivity contribution in [2.75, 3.05) is 32.7 Å². The summed E-state index contributed by atoms with van der Waals surface area (Å²) >= 11 is 0. The predicted molar refractivity (Wildman–Crippen MR) is 115 cm³/mol. The number of hydrogen-bond donors (Lipinski definition) is 0. The van der Waals surface area contributed by atoms with Crippen LogP contribution in [-0.2, 0) is 9.53 Å². The summed E-state index contributed by atoms with van der Waals surface area (Å²) in [6.07, 6.45) is 10.8. The zero-order valence-electron chi connectivity index (χ0n) is 19.1. The Morgan fingerprint density at radius 1 is 0.964 bits per heavy atom. The third-order valence-corrected chi connectivity index (χ3v) is 7.37. The monoisotopic (exact) mass is 392 g/mol. The van der Waals surface area contributed by atoms with E-state index in [2.05, 4.69) is 30.6 Å². The van der Waals surface area contributed by atoms with Crippen LogP contribution in [0.2, 0.25) is 0 Å². The highest BCUT2D eigenvalue weighted by atomic mass is 16.5. The molecular formula is C24H44N2O2. The van der Waals surface area contributed by atoms with Crippen molar-refractivity contribution in [1.82, 2.24) is 9.80 Å². The van der Waals surface area contributed by atoms with Gasteiger partial charge in [0.05, 0.1) is 11.7 Å². The number of likely N-dealkylation sites (tertiary alicyclic amines) is 2. The normalized spacial score (nSPS) is 25.6. The molecule has 28 heavy (non-hydrogen) atoms. The van der Waals surface area contributed by atoms with E-state index in [9.17, 15) is 4.79 Å². The van der Waals surface area contributed by atoms with E-state index < -0.39 is 0 Å². The van der Waals surface area contributed by atoms with Gasteiger partial charge in [0.15, 0.2) is 0 Å². The molecule has 1 saturated carbocycles. The summed E-state index contributed by atoms with van der Waals surface area (Å²) in [6, 6.07) is 0. The Morgan fingerprint density at radius 3 is 2.04 bits per heavy atom. The first-order valence-corrected chi connectivity index (χ1v) is 11.8. The minimum atomic E-state index is -0.0140. The molecule has 3 aliphatic rings. The fourth-order valence-corrected chi connectivity index (χ4v) is 5.61. The molecule has 0 atom stereocenters. The second-order valence-electron chi connectivity index (χ2n) is 11.2. The van der Waals surface area contributed by atoms with Crippen LogP contribution in [0.5, 0.6) is 0 Å². The first kappa shape index (κ1) is 22.1. The lowest BCUT2D eigenvalue weighted by Gasteiger charge is -2.47. The third kappa shape index (κ3) is 5.95. The largest absolute Gasteiger partial charge is 0.373 e. The zero-order chi connectivity index (χ0) is 20.4. The maximum atomic E-state index is 12.3. The molecule has 3 fully saturated rings. The van der Waals surface area contributed by atoms with E-state index in [0.717, 1.165) is 19.0 Å². The van der Waals surface area contributed by atoms with E-state index in [-0.39, 0.29) is 11.5 Å². The number of rotatable bonds is 4. The van der Waals surface area contributed by atoms with E-state index in [1.54, 1.807) is 0 Å². The van der Waals surface area contributed by atoms with Gasteiger partial charge in [-0.3, -0.25) is 4.79 Å². The highest BCUT2D eigenvalue weighted by molar-refractivity contribution is 5.78. The number of amides is 1. The number of carbonyl (C=O) groups is 1. The number of nitrogens with zero attached hydrogens (tertiary/aromatic N) is 2. The Balaban J connectivity index is 1.37. The maximum absolute atomic E-state index is 12.3. The maximum Gasteiger partial charge on any atom is 0.225 e. The molecule has 162 valence electrons. The molecule has 2 aliphatic heterocycles. The Bertz CT molecular complexity index is 499. The molecule has 1 amide bonds. The lowest BCUT2D eigenvalue weighted by atomic mass is 9.65. The molecule has 2 heterocycles. The first-order chi connectivity index (χ1) is 13.2. The number of piperidine rings is 2. The van der Waals surface area contributed by atoms with Crippen molar-refractivity contribution >= 4 is 5.91 Å². The van der Waals surface area contributed by atoms with Crippen LogP contribution in [-0.4, -0.2) is 60.1 Å². The zero-order valence-corrected chi connectivity index (χ0v) is 19.1. The van der Waals surface area contributed by atoms with Crippen LogP contribution >= 0.6 is 0 Å². The standard InChI is InChI=1S/C24H44N2O2/c1-19(2)22(27)26-16-12-24(13-17-26)10-6-20(7-11-24)18-25-14-8-21(9-15-25)28-23(3,4)5/h19-21H,6-18H2,1-5H3. The average molecular weight is 393 g/mol. The predicted octanol–water partition coefficient (Wildman–Crippen LogP) is 4.72. The highest BCUT2D eigenvalue weighted by Crippen LogP contribution is 2.46. The van der Waals surface area contributed by atoms with Gasteiger partial charge in [-0.1, -0.05) is 13.8 Å². The molecule has 1 spiro atoms. The molecule has 2 saturated heterocycles. The summed E-state index contributed by atoms with van der Waals surface area (Å²) in [5, 5.41) is 0. The van der Waals surface area contributed by atoms with Crippen molar-refractivity contribution in [3.63, 3.8) is 0 Å². The summed E-state index contributed by atoms with van der Waals surface area (Å²) in [5.41, 5.74) is 0.525. The quantitative estimate of drug-likeness (QED) is 0.694. The van der Waals surface area contributed by atoms with Gasteiger partial charge in [0.2, 0.25) is 5.91 Å². The van der Waals surface area contributed by atoms with Crippen molar-refractivity contribution in [2.24, 2.45) is 17.3 Å². The summed E-state index contributed by atoms with van der Waals surface area (Å²) in [4.78, 5) is 17.1. The van der Waals surface area contributed by atoms with E-state index in [0.29, 0.717) is 17.4 Å². The van der Waals surface area contributed by atoms with Crippen LogP contribution in [0, 0.1) is 17.3 Å². The Morgan fingerprint density at radius 2 is 1.54 bits per heavy atom. The molecule has 0 aromatic carbocycles. The molecule has 4 heteroatoms. The van der Waals surface area contributed by atoms with Gasteiger partial charge in [-0.05, 0) is 83.5 Å². The number of carbonyl (C=O) groups excluding carboxylic acids is 1. The van der Waals surface area contributed by atoms with Gasteiger partial charge in [0.25, 0.3) is 0 Å². The second kappa shape index (κ2) is 9.04. The minimum Gasteiger partial charge on any atom is -0.373 e. The van der Waals surface area contributed by atoms with Crippen molar-refractivity contribution in [3.05, 3.63) is 0 Å². The van der Waals surface area contributed by atoms with E-state index in [1.165, 1.54) is 71.0 Å². The topological polar surface area (TPSA) is 32.8 Å². The second-order valence-corrected chi connectivity index (χ2v) is 11.2. The van der Waals surface area contributed by atoms with E-state index in [4.69, 9.17) is 4.74 Å². The summed E-state index contributed by atoms with van der Waals surface area (Å²) in [7, 11) is 0. The van der Waals surface area contributed by atoms with Gasteiger partial charge in [-0.25, -0.2) is 0 Å². The molecule has 1 aliphatic carbocycles. The fourth-order valence-electron chi connectivity index (χ4n) is 5.61. The van der Waals surface area contributed by atoms with E-state index >= 15 is 0 Å². The van der Waals surface area contributed by atoms with Crippen molar-refractivity contribution < 1.29 is 9.53 Å². The molecule has 4 nitrogen and oxygen atoms in total. The van der Waals surface area contributed by atoms with Gasteiger partial charge in [0, 0.05) is 38.6 Å². The van der Waals surface area contributed by atoms with Crippen LogP contribution in [0.1, 0.15) is 86.0 Å². The van der Waals surface area contributed by atoms with Gasteiger partial charge in [0.1, 0.15) is 0 Å². The SMILES string of the molecule is CC(C)C(=O)N1CCC2(CCC(CN3CCC(OC(C)(C)C)CC3)CC2)CC1. The first-order valence-electron chi connectivity index (χ1n) is 11.8. The Hall–Kier alpha value is -0.610. The molecule has 0 radical (unpaired) electrons. The van der Waals surface area contributed by atoms with Crippen LogP contribution in [0.15, 0.2) is 0 Å². The summed E-state index contributed by atoms with van der Waals surface area (Å²) in [6.45, 7) is 16.2. The van der Waals surface area contributed by atoms with Crippen molar-refractivity contribution in [2.45, 2.75) is 97.7 Å². The van der Waals surface area contributed by atoms with Crippen LogP contribution in [0.4, 0.5) is 0 Å². The van der Waals surface area contributed by atoms with Gasteiger partial charge < -0.3 is 14.5 Å². The Labute approximate surface area is 173 Å². The third-order valence-electron chi connectivity index (χ3n) is 7.37. The van der Waals surface area contributed by atoms with Gasteiger partial charge in [-0.15, -0.1) is 0 Å². The fraction of sp³-hybridized carbons (Fsp3) is 0.958. The van der Waals surface area contributed by atoms with Gasteiger partial charge in [-0.2, -0.15) is 0 Å². The highest BCUT2D eigenvalue weighted by Gasteiger charge is 2.39. The molecule has 3 rings (SSSR count). The molecule has 0 bridgehead atoms. The van der Waals surface area contributed by atoms with E-state index in [1.807, 2.05) is 13.8 Å². The van der Waals surface area contributed by atoms with Crippen LogP contribution in [0.25, 0.3) is 0 Å². The van der Waals surface area contributed by atoms with Crippen LogP contribution < -0.4 is 0 Å². The lowest BCUT2D eigenvalue weighted by Crippen LogP contribution is -2.47.